The van der Waals surface area contributed by atoms with Gasteiger partial charge in [0.1, 0.15) is 5.75 Å². The summed E-state index contributed by atoms with van der Waals surface area (Å²) < 4.78 is 5.66. The van der Waals surface area contributed by atoms with Crippen LogP contribution in [-0.4, -0.2) is 7.11 Å². The summed E-state index contributed by atoms with van der Waals surface area (Å²) in [6.07, 6.45) is 5.09. The van der Waals surface area contributed by atoms with Gasteiger partial charge >= 0.3 is 0 Å². The molecule has 0 spiro atoms. The Morgan fingerprint density at radius 2 is 1.85 bits per heavy atom. The number of methoxy groups -OCH3 is 1. The van der Waals surface area contributed by atoms with Crippen LogP contribution in [0.5, 0.6) is 5.75 Å². The van der Waals surface area contributed by atoms with E-state index in [2.05, 4.69) is 38.3 Å². The van der Waals surface area contributed by atoms with Gasteiger partial charge in [-0.25, -0.2) is 0 Å². The lowest BCUT2D eigenvalue weighted by Gasteiger charge is -2.33. The fourth-order valence-corrected chi connectivity index (χ4v) is 3.43. The fourth-order valence-electron chi connectivity index (χ4n) is 3.43. The van der Waals surface area contributed by atoms with E-state index < -0.39 is 0 Å². The Morgan fingerprint density at radius 1 is 1.20 bits per heavy atom. The topological polar surface area (TPSA) is 47.3 Å². The lowest BCUT2D eigenvalue weighted by atomic mass is 9.77. The maximum Gasteiger partial charge on any atom is 0.126 e. The third-order valence-corrected chi connectivity index (χ3v) is 4.96. The molecule has 20 heavy (non-hydrogen) atoms. The van der Waals surface area contributed by atoms with Crippen LogP contribution in [0.1, 0.15) is 55.3 Å². The van der Waals surface area contributed by atoms with Crippen molar-refractivity contribution in [2.75, 3.05) is 7.11 Å². The summed E-state index contributed by atoms with van der Waals surface area (Å²) in [5, 5.41) is 0. The van der Waals surface area contributed by atoms with Crippen LogP contribution in [0.3, 0.4) is 0 Å². The molecule has 3 nitrogen and oxygen atoms in total. The molecule has 0 amide bonds. The van der Waals surface area contributed by atoms with Crippen LogP contribution in [-0.2, 0) is 0 Å². The van der Waals surface area contributed by atoms with Crippen molar-refractivity contribution in [1.82, 2.24) is 5.43 Å². The lowest BCUT2D eigenvalue weighted by molar-refractivity contribution is 0.229. The minimum Gasteiger partial charge on any atom is -0.496 e. The van der Waals surface area contributed by atoms with Crippen LogP contribution in [0.25, 0.3) is 0 Å². The standard InChI is InChI=1S/C17H28N2O/c1-11-5-8-14(9-6-11)16(19-18)15-10-7-12(2)13(3)17(15)20-4/h7,10-11,14,16,19H,5-6,8-9,18H2,1-4H3. The number of ether oxygens (including phenoxy) is 1. The van der Waals surface area contributed by atoms with E-state index >= 15 is 0 Å². The number of hydrazine groups is 1. The Kier molecular flexibility index (Phi) is 5.06. The molecule has 0 bridgehead atoms. The second-order valence-corrected chi connectivity index (χ2v) is 6.29. The smallest absolute Gasteiger partial charge is 0.126 e. The molecule has 1 fully saturated rings. The van der Waals surface area contributed by atoms with E-state index in [4.69, 9.17) is 10.6 Å². The van der Waals surface area contributed by atoms with E-state index in [1.807, 2.05) is 0 Å². The first kappa shape index (κ1) is 15.3. The highest BCUT2D eigenvalue weighted by molar-refractivity contribution is 5.47. The molecule has 0 aromatic heterocycles. The Bertz CT molecular complexity index is 451. The number of hydrogen-bond donors (Lipinski definition) is 2. The van der Waals surface area contributed by atoms with E-state index in [-0.39, 0.29) is 6.04 Å². The van der Waals surface area contributed by atoms with Crippen molar-refractivity contribution < 1.29 is 4.74 Å². The van der Waals surface area contributed by atoms with Crippen LogP contribution < -0.4 is 16.0 Å². The molecular weight excluding hydrogens is 248 g/mol. The van der Waals surface area contributed by atoms with Crippen molar-refractivity contribution in [2.45, 2.75) is 52.5 Å². The number of rotatable bonds is 4. The van der Waals surface area contributed by atoms with Crippen LogP contribution in [0.4, 0.5) is 0 Å². The van der Waals surface area contributed by atoms with Crippen LogP contribution in [0.2, 0.25) is 0 Å². The summed E-state index contributed by atoms with van der Waals surface area (Å²) in [6, 6.07) is 4.53. The maximum absolute atomic E-state index is 5.88. The van der Waals surface area contributed by atoms with Gasteiger partial charge in [0.25, 0.3) is 0 Å². The van der Waals surface area contributed by atoms with Gasteiger partial charge in [-0.3, -0.25) is 11.3 Å². The van der Waals surface area contributed by atoms with Gasteiger partial charge in [0.2, 0.25) is 0 Å². The van der Waals surface area contributed by atoms with Gasteiger partial charge in [0, 0.05) is 5.56 Å². The lowest BCUT2D eigenvalue weighted by Crippen LogP contribution is -2.35. The minimum absolute atomic E-state index is 0.191. The normalized spacial score (nSPS) is 24.4. The number of hydrogen-bond acceptors (Lipinski definition) is 3. The Balaban J connectivity index is 2.30. The zero-order valence-corrected chi connectivity index (χ0v) is 13.2. The molecule has 2 rings (SSSR count). The largest absolute Gasteiger partial charge is 0.496 e. The molecule has 3 heteroatoms. The first-order valence-electron chi connectivity index (χ1n) is 7.68. The van der Waals surface area contributed by atoms with E-state index in [9.17, 15) is 0 Å². The molecule has 3 N–H and O–H groups in total. The number of nitrogens with one attached hydrogen (secondary N) is 1. The summed E-state index contributed by atoms with van der Waals surface area (Å²) in [4.78, 5) is 0. The second kappa shape index (κ2) is 6.59. The van der Waals surface area contributed by atoms with Crippen molar-refractivity contribution in [3.63, 3.8) is 0 Å². The summed E-state index contributed by atoms with van der Waals surface area (Å²) in [7, 11) is 1.75. The van der Waals surface area contributed by atoms with Crippen molar-refractivity contribution in [1.29, 1.82) is 0 Å². The predicted octanol–water partition coefficient (Wildman–Crippen LogP) is 3.64. The number of nitrogens with two attached hydrogens (primary N) is 1. The van der Waals surface area contributed by atoms with Crippen LogP contribution >= 0.6 is 0 Å². The molecule has 112 valence electrons. The monoisotopic (exact) mass is 276 g/mol. The Labute approximate surface area is 122 Å². The minimum atomic E-state index is 0.191. The third-order valence-electron chi connectivity index (χ3n) is 4.96. The molecule has 0 radical (unpaired) electrons. The molecule has 0 heterocycles. The molecule has 1 aromatic carbocycles. The SMILES string of the molecule is COc1c(C(NN)C2CCC(C)CC2)ccc(C)c1C. The van der Waals surface area contributed by atoms with Gasteiger partial charge in [-0.05, 0) is 49.7 Å². The van der Waals surface area contributed by atoms with E-state index in [1.54, 1.807) is 7.11 Å². The summed E-state index contributed by atoms with van der Waals surface area (Å²) in [5.74, 6) is 8.33. The molecule has 1 saturated carbocycles. The van der Waals surface area contributed by atoms with Crippen LogP contribution in [0.15, 0.2) is 12.1 Å². The summed E-state index contributed by atoms with van der Waals surface area (Å²) in [5.41, 5.74) is 6.73. The van der Waals surface area contributed by atoms with Crippen molar-refractivity contribution >= 4 is 0 Å². The molecule has 1 aromatic rings. The highest BCUT2D eigenvalue weighted by atomic mass is 16.5. The molecule has 1 atom stereocenters. The van der Waals surface area contributed by atoms with E-state index in [1.165, 1.54) is 42.4 Å². The van der Waals surface area contributed by atoms with Crippen molar-refractivity contribution in [3.8, 4) is 5.75 Å². The van der Waals surface area contributed by atoms with Gasteiger partial charge in [0.15, 0.2) is 0 Å². The number of aryl methyl sites for hydroxylation is 1. The highest BCUT2D eigenvalue weighted by Gasteiger charge is 2.29. The second-order valence-electron chi connectivity index (χ2n) is 6.29. The van der Waals surface area contributed by atoms with E-state index in [0.717, 1.165) is 11.7 Å². The molecular formula is C17H28N2O. The van der Waals surface area contributed by atoms with Gasteiger partial charge in [-0.15, -0.1) is 0 Å². The predicted molar refractivity (Wildman–Crippen MR) is 83.7 cm³/mol. The Morgan fingerprint density at radius 3 is 2.40 bits per heavy atom. The average molecular weight is 276 g/mol. The van der Waals surface area contributed by atoms with Gasteiger partial charge in [0.05, 0.1) is 13.2 Å². The third kappa shape index (κ3) is 2.99. The van der Waals surface area contributed by atoms with Gasteiger partial charge in [-0.2, -0.15) is 0 Å². The van der Waals surface area contributed by atoms with Gasteiger partial charge < -0.3 is 4.74 Å². The fraction of sp³-hybridized carbons (Fsp3) is 0.647. The van der Waals surface area contributed by atoms with Crippen molar-refractivity contribution in [2.24, 2.45) is 17.7 Å². The first-order chi connectivity index (χ1) is 9.58. The van der Waals surface area contributed by atoms with Gasteiger partial charge in [-0.1, -0.05) is 31.9 Å². The zero-order chi connectivity index (χ0) is 14.7. The van der Waals surface area contributed by atoms with Crippen molar-refractivity contribution in [3.05, 3.63) is 28.8 Å². The quantitative estimate of drug-likeness (QED) is 0.652. The van der Waals surface area contributed by atoms with E-state index in [0.29, 0.717) is 5.92 Å². The van der Waals surface area contributed by atoms with Crippen LogP contribution in [0, 0.1) is 25.7 Å². The summed E-state index contributed by atoms with van der Waals surface area (Å²) >= 11 is 0. The first-order valence-corrected chi connectivity index (χ1v) is 7.68. The average Bonchev–Trinajstić information content (AvgIpc) is 2.45. The summed E-state index contributed by atoms with van der Waals surface area (Å²) in [6.45, 7) is 6.58. The molecule has 0 aliphatic heterocycles. The number of benzene rings is 1. The highest BCUT2D eigenvalue weighted by Crippen LogP contribution is 2.40. The molecule has 1 aliphatic rings. The molecule has 1 unspecified atom stereocenters. The molecule has 0 saturated heterocycles. The Hall–Kier alpha value is -1.06. The maximum atomic E-state index is 5.88. The molecule has 1 aliphatic carbocycles. The zero-order valence-electron chi connectivity index (χ0n) is 13.2.